The van der Waals surface area contributed by atoms with Gasteiger partial charge in [-0.15, -0.1) is 11.3 Å². The molecule has 1 aliphatic heterocycles. The van der Waals surface area contributed by atoms with Crippen molar-refractivity contribution in [2.45, 2.75) is 6.92 Å². The van der Waals surface area contributed by atoms with Crippen LogP contribution >= 0.6 is 11.3 Å². The van der Waals surface area contributed by atoms with Crippen molar-refractivity contribution in [2.75, 3.05) is 41.3 Å². The van der Waals surface area contributed by atoms with E-state index in [1.165, 1.54) is 23.7 Å². The second kappa shape index (κ2) is 8.51. The van der Waals surface area contributed by atoms with Gasteiger partial charge in [0, 0.05) is 32.4 Å². The van der Waals surface area contributed by atoms with Gasteiger partial charge in [0.1, 0.15) is 28.6 Å². The molecular weight excluding hydrogens is 427 g/mol. The second-order valence-corrected chi connectivity index (χ2v) is 8.53. The largest absolute Gasteiger partial charge is 0.353 e. The van der Waals surface area contributed by atoms with Crippen LogP contribution in [0.3, 0.4) is 0 Å². The highest BCUT2D eigenvalue weighted by Gasteiger charge is 2.25. The normalized spacial score (nSPS) is 14.1. The lowest BCUT2D eigenvalue weighted by atomic mass is 10.1. The van der Waals surface area contributed by atoms with Gasteiger partial charge in [-0.1, -0.05) is 18.2 Å². The smallest absolute Gasteiger partial charge is 0.266 e. The first-order valence-corrected chi connectivity index (χ1v) is 11.1. The molecule has 162 valence electrons. The first kappa shape index (κ1) is 20.3. The summed E-state index contributed by atoms with van der Waals surface area (Å²) in [6.07, 6.45) is 3.34. The number of hydrogen-bond donors (Lipinski definition) is 1. The molecule has 7 nitrogen and oxygen atoms in total. The van der Waals surface area contributed by atoms with Crippen LogP contribution in [0.1, 0.15) is 15.2 Å². The van der Waals surface area contributed by atoms with E-state index in [1.807, 2.05) is 25.1 Å². The molecule has 4 aromatic rings. The highest BCUT2D eigenvalue weighted by Crippen LogP contribution is 2.35. The zero-order valence-electron chi connectivity index (χ0n) is 17.5. The third-order valence-electron chi connectivity index (χ3n) is 5.59. The SMILES string of the molecule is Cc1c(C(=O)Nc2ccccc2F)sc2ncnc(N3CCN(c4ccccn4)CC3)c12. The number of piperazine rings is 1. The number of anilines is 3. The summed E-state index contributed by atoms with van der Waals surface area (Å²) in [6, 6.07) is 12.1. The fourth-order valence-corrected chi connectivity index (χ4v) is 4.98. The highest BCUT2D eigenvalue weighted by atomic mass is 32.1. The molecule has 0 saturated carbocycles. The molecule has 1 fully saturated rings. The van der Waals surface area contributed by atoms with Gasteiger partial charge in [-0.05, 0) is 36.8 Å². The van der Waals surface area contributed by atoms with Crippen molar-refractivity contribution in [2.24, 2.45) is 0 Å². The number of rotatable bonds is 4. The van der Waals surface area contributed by atoms with Gasteiger partial charge in [0.05, 0.1) is 16.0 Å². The van der Waals surface area contributed by atoms with E-state index in [1.54, 1.807) is 24.4 Å². The monoisotopic (exact) mass is 448 g/mol. The molecule has 1 amide bonds. The third-order valence-corrected chi connectivity index (χ3v) is 6.79. The number of benzene rings is 1. The Morgan fingerprint density at radius 2 is 1.75 bits per heavy atom. The number of halogens is 1. The number of nitrogens with zero attached hydrogens (tertiary/aromatic N) is 5. The van der Waals surface area contributed by atoms with E-state index in [0.29, 0.717) is 4.88 Å². The van der Waals surface area contributed by atoms with E-state index in [9.17, 15) is 9.18 Å². The minimum atomic E-state index is -0.467. The van der Waals surface area contributed by atoms with Gasteiger partial charge in [-0.2, -0.15) is 0 Å². The van der Waals surface area contributed by atoms with Gasteiger partial charge in [0.25, 0.3) is 5.91 Å². The predicted octanol–water partition coefficient (Wildman–Crippen LogP) is 4.11. The van der Waals surface area contributed by atoms with Crippen LogP contribution in [0.25, 0.3) is 10.2 Å². The lowest BCUT2D eigenvalue weighted by molar-refractivity contribution is 0.102. The zero-order valence-corrected chi connectivity index (χ0v) is 18.3. The van der Waals surface area contributed by atoms with E-state index in [0.717, 1.165) is 53.6 Å². The Kier molecular flexibility index (Phi) is 5.40. The molecule has 0 radical (unpaired) electrons. The number of thiophene rings is 1. The summed E-state index contributed by atoms with van der Waals surface area (Å²) in [7, 11) is 0. The molecule has 0 bridgehead atoms. The maximum absolute atomic E-state index is 14.0. The molecule has 3 aromatic heterocycles. The fourth-order valence-electron chi connectivity index (χ4n) is 3.94. The van der Waals surface area contributed by atoms with E-state index in [2.05, 4.69) is 30.1 Å². The van der Waals surface area contributed by atoms with E-state index < -0.39 is 5.82 Å². The summed E-state index contributed by atoms with van der Waals surface area (Å²) in [5.41, 5.74) is 0.966. The molecular formula is C23H21FN6OS. The van der Waals surface area contributed by atoms with Crippen LogP contribution in [0, 0.1) is 12.7 Å². The summed E-state index contributed by atoms with van der Waals surface area (Å²) in [5, 5.41) is 3.55. The van der Waals surface area contributed by atoms with Gasteiger partial charge in [0.15, 0.2) is 0 Å². The molecule has 0 aliphatic carbocycles. The Morgan fingerprint density at radius 1 is 1.00 bits per heavy atom. The average Bonchev–Trinajstić information content (AvgIpc) is 3.18. The molecule has 0 atom stereocenters. The Bertz CT molecular complexity index is 1270. The number of amides is 1. The predicted molar refractivity (Wildman–Crippen MR) is 125 cm³/mol. The summed E-state index contributed by atoms with van der Waals surface area (Å²) in [5.74, 6) is 0.987. The number of pyridine rings is 1. The first-order chi connectivity index (χ1) is 15.6. The zero-order chi connectivity index (χ0) is 22.1. The summed E-state index contributed by atoms with van der Waals surface area (Å²) >= 11 is 1.30. The summed E-state index contributed by atoms with van der Waals surface area (Å²) in [4.78, 5) is 32.0. The lowest BCUT2D eigenvalue weighted by Crippen LogP contribution is -2.47. The molecule has 1 N–H and O–H groups in total. The van der Waals surface area contributed by atoms with E-state index >= 15 is 0 Å². The third kappa shape index (κ3) is 3.75. The van der Waals surface area contributed by atoms with Crippen molar-refractivity contribution in [3.63, 3.8) is 0 Å². The van der Waals surface area contributed by atoms with Gasteiger partial charge in [-0.3, -0.25) is 4.79 Å². The van der Waals surface area contributed by atoms with Crippen LogP contribution in [0.5, 0.6) is 0 Å². The van der Waals surface area contributed by atoms with Crippen LogP contribution < -0.4 is 15.1 Å². The number of fused-ring (bicyclic) bond motifs is 1. The maximum atomic E-state index is 14.0. The van der Waals surface area contributed by atoms with Gasteiger partial charge < -0.3 is 15.1 Å². The minimum absolute atomic E-state index is 0.159. The average molecular weight is 449 g/mol. The van der Waals surface area contributed by atoms with E-state index in [-0.39, 0.29) is 11.6 Å². The van der Waals surface area contributed by atoms with Crippen LogP contribution in [0.15, 0.2) is 55.0 Å². The maximum Gasteiger partial charge on any atom is 0.266 e. The fraction of sp³-hybridized carbons (Fsp3) is 0.217. The molecule has 0 spiro atoms. The van der Waals surface area contributed by atoms with Crippen molar-refractivity contribution in [1.82, 2.24) is 15.0 Å². The number of para-hydroxylation sites is 1. The summed E-state index contributed by atoms with van der Waals surface area (Å²) < 4.78 is 14.0. The van der Waals surface area contributed by atoms with Crippen molar-refractivity contribution in [1.29, 1.82) is 0 Å². The van der Waals surface area contributed by atoms with Crippen LogP contribution in [0.4, 0.5) is 21.7 Å². The topological polar surface area (TPSA) is 74.2 Å². The Balaban J connectivity index is 1.40. The van der Waals surface area contributed by atoms with Crippen molar-refractivity contribution in [3.8, 4) is 0 Å². The quantitative estimate of drug-likeness (QED) is 0.506. The standard InChI is InChI=1S/C23H21FN6OS/c1-15-19-21(30-12-10-29(11-13-30)18-8-4-5-9-25-18)26-14-27-23(19)32-20(15)22(31)28-17-7-3-2-6-16(17)24/h2-9,14H,10-13H2,1H3,(H,28,31). The number of carbonyl (C=O) groups is 1. The molecule has 1 aromatic carbocycles. The number of carbonyl (C=O) groups excluding carboxylic acids is 1. The van der Waals surface area contributed by atoms with Crippen molar-refractivity contribution < 1.29 is 9.18 Å². The molecule has 4 heterocycles. The number of nitrogens with one attached hydrogen (secondary N) is 1. The Hall–Kier alpha value is -3.59. The molecule has 9 heteroatoms. The van der Waals surface area contributed by atoms with Crippen LogP contribution in [0.2, 0.25) is 0 Å². The molecule has 32 heavy (non-hydrogen) atoms. The van der Waals surface area contributed by atoms with Crippen molar-refractivity contribution >= 4 is 44.8 Å². The number of aromatic nitrogens is 3. The van der Waals surface area contributed by atoms with E-state index in [4.69, 9.17) is 0 Å². The number of hydrogen-bond acceptors (Lipinski definition) is 7. The Morgan fingerprint density at radius 3 is 2.50 bits per heavy atom. The highest BCUT2D eigenvalue weighted by molar-refractivity contribution is 7.20. The van der Waals surface area contributed by atoms with Crippen molar-refractivity contribution in [3.05, 3.63) is 71.2 Å². The van der Waals surface area contributed by atoms with Gasteiger partial charge in [-0.25, -0.2) is 19.3 Å². The van der Waals surface area contributed by atoms with Gasteiger partial charge >= 0.3 is 0 Å². The summed E-state index contributed by atoms with van der Waals surface area (Å²) in [6.45, 7) is 5.12. The minimum Gasteiger partial charge on any atom is -0.353 e. The molecule has 1 aliphatic rings. The first-order valence-electron chi connectivity index (χ1n) is 10.3. The molecule has 1 saturated heterocycles. The molecule has 0 unspecified atom stereocenters. The second-order valence-electron chi connectivity index (χ2n) is 7.53. The van der Waals surface area contributed by atoms with Crippen LogP contribution in [-0.2, 0) is 0 Å². The Labute approximate surface area is 188 Å². The number of aryl methyl sites for hydroxylation is 1. The van der Waals surface area contributed by atoms with Gasteiger partial charge in [0.2, 0.25) is 0 Å². The van der Waals surface area contributed by atoms with Crippen LogP contribution in [-0.4, -0.2) is 47.0 Å². The lowest BCUT2D eigenvalue weighted by Gasteiger charge is -2.36. The molecule has 5 rings (SSSR count).